The minimum atomic E-state index is -0.949. The molecule has 0 aliphatic rings. The Kier molecular flexibility index (Phi) is 3.85. The smallest absolute Gasteiger partial charge is 0.323 e. The van der Waals surface area contributed by atoms with Crippen LogP contribution in [0.4, 0.5) is 0 Å². The summed E-state index contributed by atoms with van der Waals surface area (Å²) in [5, 5.41) is 12.3. The first kappa shape index (κ1) is 13.5. The molecule has 0 radical (unpaired) electrons. The fourth-order valence-corrected chi connectivity index (χ4v) is 2.04. The SMILES string of the molecule is CCCC(C)(NCc1nc2ccccc2o1)C(=O)O. The highest BCUT2D eigenvalue weighted by Gasteiger charge is 2.31. The van der Waals surface area contributed by atoms with Crippen LogP contribution in [0.2, 0.25) is 0 Å². The maximum absolute atomic E-state index is 11.3. The highest BCUT2D eigenvalue weighted by molar-refractivity contribution is 5.78. The van der Waals surface area contributed by atoms with Crippen LogP contribution in [0.5, 0.6) is 0 Å². The summed E-state index contributed by atoms with van der Waals surface area (Å²) in [5.41, 5.74) is 0.550. The maximum atomic E-state index is 11.3. The molecular weight excluding hydrogens is 244 g/mol. The van der Waals surface area contributed by atoms with Gasteiger partial charge in [0.25, 0.3) is 0 Å². The predicted molar refractivity (Wildman–Crippen MR) is 71.8 cm³/mol. The summed E-state index contributed by atoms with van der Waals surface area (Å²) < 4.78 is 5.55. The van der Waals surface area contributed by atoms with Gasteiger partial charge in [-0.15, -0.1) is 0 Å². The summed E-state index contributed by atoms with van der Waals surface area (Å²) in [7, 11) is 0. The van der Waals surface area contributed by atoms with Gasteiger partial charge in [0.2, 0.25) is 5.89 Å². The van der Waals surface area contributed by atoms with Gasteiger partial charge in [-0.1, -0.05) is 25.5 Å². The third-order valence-corrected chi connectivity index (χ3v) is 3.19. The Balaban J connectivity index is 2.10. The van der Waals surface area contributed by atoms with Crippen molar-refractivity contribution in [3.05, 3.63) is 30.2 Å². The second-order valence-corrected chi connectivity index (χ2v) is 4.82. The zero-order valence-corrected chi connectivity index (χ0v) is 11.1. The zero-order valence-electron chi connectivity index (χ0n) is 11.1. The molecule has 1 aromatic heterocycles. The first-order chi connectivity index (χ1) is 9.05. The molecule has 1 aromatic carbocycles. The number of hydrogen-bond donors (Lipinski definition) is 2. The van der Waals surface area contributed by atoms with E-state index in [1.54, 1.807) is 6.92 Å². The van der Waals surface area contributed by atoms with Gasteiger partial charge in [-0.2, -0.15) is 0 Å². The van der Waals surface area contributed by atoms with Gasteiger partial charge in [-0.3, -0.25) is 10.1 Å². The van der Waals surface area contributed by atoms with E-state index in [1.807, 2.05) is 31.2 Å². The molecule has 0 saturated heterocycles. The number of rotatable bonds is 6. The summed E-state index contributed by atoms with van der Waals surface area (Å²) in [6.07, 6.45) is 1.35. The Morgan fingerprint density at radius 1 is 1.47 bits per heavy atom. The van der Waals surface area contributed by atoms with Crippen molar-refractivity contribution < 1.29 is 14.3 Å². The van der Waals surface area contributed by atoms with Crippen LogP contribution in [0.15, 0.2) is 28.7 Å². The summed E-state index contributed by atoms with van der Waals surface area (Å²) in [6.45, 7) is 3.95. The van der Waals surface area contributed by atoms with E-state index in [-0.39, 0.29) is 0 Å². The highest BCUT2D eigenvalue weighted by Crippen LogP contribution is 2.17. The van der Waals surface area contributed by atoms with E-state index >= 15 is 0 Å². The van der Waals surface area contributed by atoms with E-state index in [2.05, 4.69) is 10.3 Å². The largest absolute Gasteiger partial charge is 0.480 e. The molecule has 1 heterocycles. The number of aliphatic carboxylic acids is 1. The first-order valence-electron chi connectivity index (χ1n) is 6.38. The number of carboxylic acid groups (broad SMARTS) is 1. The number of nitrogens with one attached hydrogen (secondary N) is 1. The van der Waals surface area contributed by atoms with Crippen LogP contribution in [0.1, 0.15) is 32.6 Å². The molecule has 5 heteroatoms. The Morgan fingerprint density at radius 2 is 2.21 bits per heavy atom. The molecule has 0 aliphatic heterocycles. The number of carboxylic acids is 1. The van der Waals surface area contributed by atoms with Crippen molar-refractivity contribution in [1.82, 2.24) is 10.3 Å². The summed E-state index contributed by atoms with van der Waals surface area (Å²) in [5.74, 6) is -0.352. The molecule has 5 nitrogen and oxygen atoms in total. The molecule has 0 fully saturated rings. The molecule has 19 heavy (non-hydrogen) atoms. The van der Waals surface area contributed by atoms with Gasteiger partial charge in [0.1, 0.15) is 11.1 Å². The van der Waals surface area contributed by atoms with Crippen LogP contribution >= 0.6 is 0 Å². The molecule has 0 amide bonds. The minimum Gasteiger partial charge on any atom is -0.480 e. The van der Waals surface area contributed by atoms with Crippen molar-refractivity contribution in [2.45, 2.75) is 38.8 Å². The quantitative estimate of drug-likeness (QED) is 0.836. The molecule has 1 atom stereocenters. The Bertz CT molecular complexity index is 546. The third-order valence-electron chi connectivity index (χ3n) is 3.19. The molecule has 2 rings (SSSR count). The van der Waals surface area contributed by atoms with Gasteiger partial charge in [-0.25, -0.2) is 4.98 Å². The van der Waals surface area contributed by atoms with Crippen LogP contribution in [-0.4, -0.2) is 21.6 Å². The number of benzene rings is 1. The number of aromatic nitrogens is 1. The number of carbonyl (C=O) groups is 1. The third kappa shape index (κ3) is 2.93. The fourth-order valence-electron chi connectivity index (χ4n) is 2.04. The van der Waals surface area contributed by atoms with Crippen molar-refractivity contribution in [1.29, 1.82) is 0 Å². The first-order valence-corrected chi connectivity index (χ1v) is 6.38. The summed E-state index contributed by atoms with van der Waals surface area (Å²) >= 11 is 0. The normalized spacial score (nSPS) is 14.4. The van der Waals surface area contributed by atoms with E-state index in [0.29, 0.717) is 24.4 Å². The average Bonchev–Trinajstić information content (AvgIpc) is 2.79. The van der Waals surface area contributed by atoms with Crippen LogP contribution in [0, 0.1) is 0 Å². The molecule has 0 aliphatic carbocycles. The van der Waals surface area contributed by atoms with Crippen molar-refractivity contribution in [2.24, 2.45) is 0 Å². The number of fused-ring (bicyclic) bond motifs is 1. The summed E-state index contributed by atoms with van der Waals surface area (Å²) in [6, 6.07) is 7.47. The van der Waals surface area contributed by atoms with Gasteiger partial charge < -0.3 is 9.52 Å². The van der Waals surface area contributed by atoms with Crippen molar-refractivity contribution >= 4 is 17.1 Å². The van der Waals surface area contributed by atoms with Crippen molar-refractivity contribution in [3.63, 3.8) is 0 Å². The number of para-hydroxylation sites is 2. The van der Waals surface area contributed by atoms with Crippen LogP contribution in [0.25, 0.3) is 11.1 Å². The van der Waals surface area contributed by atoms with Gasteiger partial charge in [0.15, 0.2) is 5.58 Å². The molecule has 0 bridgehead atoms. The van der Waals surface area contributed by atoms with Crippen LogP contribution < -0.4 is 5.32 Å². The highest BCUT2D eigenvalue weighted by atomic mass is 16.4. The lowest BCUT2D eigenvalue weighted by Gasteiger charge is -2.24. The molecule has 102 valence electrons. The lowest BCUT2D eigenvalue weighted by atomic mass is 9.96. The Labute approximate surface area is 111 Å². The van der Waals surface area contributed by atoms with E-state index < -0.39 is 11.5 Å². The van der Waals surface area contributed by atoms with Crippen molar-refractivity contribution in [2.75, 3.05) is 0 Å². The minimum absolute atomic E-state index is 0.303. The topological polar surface area (TPSA) is 75.4 Å². The maximum Gasteiger partial charge on any atom is 0.323 e. The van der Waals surface area contributed by atoms with Crippen LogP contribution in [0.3, 0.4) is 0 Å². The van der Waals surface area contributed by atoms with E-state index in [4.69, 9.17) is 4.42 Å². The lowest BCUT2D eigenvalue weighted by Crippen LogP contribution is -2.48. The van der Waals surface area contributed by atoms with E-state index in [0.717, 1.165) is 11.9 Å². The molecule has 0 spiro atoms. The Hall–Kier alpha value is -1.88. The van der Waals surface area contributed by atoms with Gasteiger partial charge >= 0.3 is 5.97 Å². The van der Waals surface area contributed by atoms with Gasteiger partial charge in [0.05, 0.1) is 6.54 Å². The molecule has 2 N–H and O–H groups in total. The predicted octanol–water partition coefficient (Wildman–Crippen LogP) is 2.56. The van der Waals surface area contributed by atoms with E-state index in [1.165, 1.54) is 0 Å². The molecule has 0 saturated carbocycles. The number of hydrogen-bond acceptors (Lipinski definition) is 4. The van der Waals surface area contributed by atoms with Crippen LogP contribution in [-0.2, 0) is 11.3 Å². The number of oxazole rings is 1. The summed E-state index contributed by atoms with van der Waals surface area (Å²) in [4.78, 5) is 15.6. The van der Waals surface area contributed by atoms with Crippen molar-refractivity contribution in [3.8, 4) is 0 Å². The Morgan fingerprint density at radius 3 is 2.84 bits per heavy atom. The van der Waals surface area contributed by atoms with E-state index in [9.17, 15) is 9.90 Å². The fraction of sp³-hybridized carbons (Fsp3) is 0.429. The molecule has 1 unspecified atom stereocenters. The average molecular weight is 262 g/mol. The molecule has 2 aromatic rings. The van der Waals surface area contributed by atoms with Gasteiger partial charge in [-0.05, 0) is 25.5 Å². The zero-order chi connectivity index (χ0) is 13.9. The second-order valence-electron chi connectivity index (χ2n) is 4.82. The number of nitrogens with zero attached hydrogens (tertiary/aromatic N) is 1. The monoisotopic (exact) mass is 262 g/mol. The standard InChI is InChI=1S/C14H18N2O3/c1-3-8-14(2,13(17)18)15-9-12-16-10-6-4-5-7-11(10)19-12/h4-7,15H,3,8-9H2,1-2H3,(H,17,18). The lowest BCUT2D eigenvalue weighted by molar-refractivity contribution is -0.144. The van der Waals surface area contributed by atoms with Gasteiger partial charge in [0, 0.05) is 0 Å². The second kappa shape index (κ2) is 5.40. The molecular formula is C14H18N2O3.